The molecule has 1 heterocycles. The third-order valence-electron chi connectivity index (χ3n) is 3.50. The molecule has 2 atom stereocenters. The lowest BCUT2D eigenvalue weighted by molar-refractivity contribution is 0.0933. The lowest BCUT2D eigenvalue weighted by Crippen LogP contribution is -2.39. The van der Waals surface area contributed by atoms with Gasteiger partial charge in [-0.1, -0.05) is 13.3 Å². The number of carbonyl (C=O) groups is 1. The topological polar surface area (TPSA) is 66.9 Å². The molecule has 110 valence electrons. The number of rotatable bonds is 6. The van der Waals surface area contributed by atoms with Crippen LogP contribution in [0.1, 0.15) is 43.1 Å². The van der Waals surface area contributed by atoms with Gasteiger partial charge >= 0.3 is 0 Å². The summed E-state index contributed by atoms with van der Waals surface area (Å²) in [6.45, 7) is 2.91. The van der Waals surface area contributed by atoms with E-state index in [1.54, 1.807) is 6.20 Å². The van der Waals surface area contributed by atoms with Crippen molar-refractivity contribution in [2.24, 2.45) is 0 Å². The number of amides is 1. The van der Waals surface area contributed by atoms with E-state index in [4.69, 9.17) is 0 Å². The van der Waals surface area contributed by atoms with Crippen molar-refractivity contribution in [3.63, 3.8) is 0 Å². The van der Waals surface area contributed by atoms with E-state index in [0.29, 0.717) is 16.8 Å². The van der Waals surface area contributed by atoms with Gasteiger partial charge in [-0.3, -0.25) is 9.78 Å². The van der Waals surface area contributed by atoms with E-state index in [1.165, 1.54) is 19.0 Å². The number of hydrogen-bond donors (Lipinski definition) is 2. The normalized spacial score (nSPS) is 21.7. The molecule has 1 aliphatic carbocycles. The number of thioether (sulfide) groups is 1. The Balaban J connectivity index is 1.98. The van der Waals surface area contributed by atoms with Crippen molar-refractivity contribution in [1.29, 1.82) is 0 Å². The van der Waals surface area contributed by atoms with Crippen molar-refractivity contribution < 1.29 is 4.79 Å². The molecule has 0 aromatic carbocycles. The van der Waals surface area contributed by atoms with E-state index in [1.807, 2.05) is 11.8 Å². The summed E-state index contributed by atoms with van der Waals surface area (Å²) >= 11 is 1.83. The van der Waals surface area contributed by atoms with Crippen molar-refractivity contribution in [2.75, 3.05) is 18.1 Å². The highest BCUT2D eigenvalue weighted by Gasteiger charge is 2.28. The zero-order valence-electron chi connectivity index (χ0n) is 12.1. The molecule has 1 aromatic rings. The van der Waals surface area contributed by atoms with Gasteiger partial charge in [0.15, 0.2) is 0 Å². The summed E-state index contributed by atoms with van der Waals surface area (Å²) in [6, 6.07) is 0.256. The molecule has 20 heavy (non-hydrogen) atoms. The zero-order chi connectivity index (χ0) is 14.4. The van der Waals surface area contributed by atoms with E-state index in [9.17, 15) is 4.79 Å². The van der Waals surface area contributed by atoms with Crippen molar-refractivity contribution in [3.8, 4) is 0 Å². The van der Waals surface area contributed by atoms with Crippen LogP contribution in [-0.4, -0.2) is 40.0 Å². The largest absolute Gasteiger partial charge is 0.369 e. The van der Waals surface area contributed by atoms with E-state index >= 15 is 0 Å². The Morgan fingerprint density at radius 1 is 1.45 bits per heavy atom. The Morgan fingerprint density at radius 2 is 2.30 bits per heavy atom. The minimum Gasteiger partial charge on any atom is -0.369 e. The molecule has 1 amide bonds. The highest BCUT2D eigenvalue weighted by Crippen LogP contribution is 2.28. The minimum absolute atomic E-state index is 0.122. The summed E-state index contributed by atoms with van der Waals surface area (Å²) in [5, 5.41) is 6.76. The van der Waals surface area contributed by atoms with Crippen LogP contribution in [0.4, 0.5) is 5.82 Å². The number of carbonyl (C=O) groups excluding carboxylic acids is 1. The van der Waals surface area contributed by atoms with Gasteiger partial charge in [0.2, 0.25) is 0 Å². The van der Waals surface area contributed by atoms with Gasteiger partial charge in [0, 0.05) is 17.8 Å². The standard InChI is InChI=1S/C14H22N4OS/c1-3-7-16-13-9-15-8-11(17-13)14(19)18-10-5-4-6-12(10)20-2/h8-10,12H,3-7H2,1-2H3,(H,16,17)(H,18,19). The minimum atomic E-state index is -0.122. The maximum Gasteiger partial charge on any atom is 0.271 e. The molecule has 1 saturated carbocycles. The number of hydrogen-bond acceptors (Lipinski definition) is 5. The summed E-state index contributed by atoms with van der Waals surface area (Å²) < 4.78 is 0. The second-order valence-corrected chi connectivity index (χ2v) is 6.08. The van der Waals surface area contributed by atoms with Gasteiger partial charge in [0.05, 0.1) is 12.4 Å². The van der Waals surface area contributed by atoms with Gasteiger partial charge in [-0.15, -0.1) is 0 Å². The van der Waals surface area contributed by atoms with Gasteiger partial charge in [0.1, 0.15) is 11.5 Å². The summed E-state index contributed by atoms with van der Waals surface area (Å²) in [6.07, 6.45) is 9.69. The van der Waals surface area contributed by atoms with E-state index in [2.05, 4.69) is 33.8 Å². The van der Waals surface area contributed by atoms with Gasteiger partial charge in [-0.2, -0.15) is 11.8 Å². The monoisotopic (exact) mass is 294 g/mol. The van der Waals surface area contributed by atoms with Crippen LogP contribution in [0.15, 0.2) is 12.4 Å². The Morgan fingerprint density at radius 3 is 3.05 bits per heavy atom. The molecular weight excluding hydrogens is 272 g/mol. The molecule has 1 fully saturated rings. The van der Waals surface area contributed by atoms with Crippen LogP contribution >= 0.6 is 11.8 Å². The molecule has 0 bridgehead atoms. The molecule has 1 aliphatic rings. The number of anilines is 1. The van der Waals surface area contributed by atoms with Crippen LogP contribution in [0.25, 0.3) is 0 Å². The average molecular weight is 294 g/mol. The predicted molar refractivity (Wildman–Crippen MR) is 83.2 cm³/mol. The first kappa shape index (κ1) is 15.1. The molecule has 0 spiro atoms. The van der Waals surface area contributed by atoms with Crippen LogP contribution in [0.5, 0.6) is 0 Å². The summed E-state index contributed by atoms with van der Waals surface area (Å²) in [4.78, 5) is 20.6. The van der Waals surface area contributed by atoms with Gasteiger partial charge < -0.3 is 10.6 Å². The molecule has 0 radical (unpaired) electrons. The van der Waals surface area contributed by atoms with Crippen LogP contribution in [0.2, 0.25) is 0 Å². The zero-order valence-corrected chi connectivity index (χ0v) is 12.9. The highest BCUT2D eigenvalue weighted by atomic mass is 32.2. The molecule has 2 N–H and O–H groups in total. The van der Waals surface area contributed by atoms with Crippen LogP contribution in [0.3, 0.4) is 0 Å². The summed E-state index contributed by atoms with van der Waals surface area (Å²) in [5.41, 5.74) is 0.387. The van der Waals surface area contributed by atoms with Crippen LogP contribution < -0.4 is 10.6 Å². The van der Waals surface area contributed by atoms with Crippen LogP contribution in [-0.2, 0) is 0 Å². The van der Waals surface area contributed by atoms with Gasteiger partial charge in [-0.25, -0.2) is 4.98 Å². The Kier molecular flexibility index (Phi) is 5.64. The molecular formula is C14H22N4OS. The Hall–Kier alpha value is -1.30. The molecule has 0 aliphatic heterocycles. The first-order chi connectivity index (χ1) is 9.74. The van der Waals surface area contributed by atoms with E-state index in [-0.39, 0.29) is 11.9 Å². The van der Waals surface area contributed by atoms with Gasteiger partial charge in [-0.05, 0) is 25.5 Å². The summed E-state index contributed by atoms with van der Waals surface area (Å²) in [7, 11) is 0. The summed E-state index contributed by atoms with van der Waals surface area (Å²) in [5.74, 6) is 0.538. The first-order valence-corrected chi connectivity index (χ1v) is 8.43. The first-order valence-electron chi connectivity index (χ1n) is 7.14. The second-order valence-electron chi connectivity index (χ2n) is 5.00. The molecule has 0 saturated heterocycles. The van der Waals surface area contributed by atoms with Crippen molar-refractivity contribution >= 4 is 23.5 Å². The van der Waals surface area contributed by atoms with Crippen molar-refractivity contribution in [1.82, 2.24) is 15.3 Å². The lowest BCUT2D eigenvalue weighted by atomic mass is 10.2. The van der Waals surface area contributed by atoms with Crippen LogP contribution in [0, 0.1) is 0 Å². The Bertz CT molecular complexity index is 455. The fourth-order valence-electron chi connectivity index (χ4n) is 2.43. The third-order valence-corrected chi connectivity index (χ3v) is 4.66. The van der Waals surface area contributed by atoms with E-state index in [0.717, 1.165) is 19.4 Å². The Labute approximate surface area is 124 Å². The third kappa shape index (κ3) is 3.85. The molecule has 2 rings (SSSR count). The molecule has 1 aromatic heterocycles. The van der Waals surface area contributed by atoms with E-state index < -0.39 is 0 Å². The predicted octanol–water partition coefficient (Wildman–Crippen LogP) is 2.31. The SMILES string of the molecule is CCCNc1cncc(C(=O)NC2CCCC2SC)n1. The lowest BCUT2D eigenvalue weighted by Gasteiger charge is -2.18. The second kappa shape index (κ2) is 7.47. The highest BCUT2D eigenvalue weighted by molar-refractivity contribution is 7.99. The smallest absolute Gasteiger partial charge is 0.271 e. The maximum absolute atomic E-state index is 12.2. The number of nitrogens with zero attached hydrogens (tertiary/aromatic N) is 2. The molecule has 6 heteroatoms. The molecule has 5 nitrogen and oxygen atoms in total. The fourth-order valence-corrected chi connectivity index (χ4v) is 3.36. The van der Waals surface area contributed by atoms with Crippen molar-refractivity contribution in [3.05, 3.63) is 18.1 Å². The number of aromatic nitrogens is 2. The quantitative estimate of drug-likeness (QED) is 0.843. The maximum atomic E-state index is 12.2. The average Bonchev–Trinajstić information content (AvgIpc) is 2.92. The molecule has 2 unspecified atom stereocenters. The van der Waals surface area contributed by atoms with Gasteiger partial charge in [0.25, 0.3) is 5.91 Å². The fraction of sp³-hybridized carbons (Fsp3) is 0.643. The number of nitrogens with one attached hydrogen (secondary N) is 2. The van der Waals surface area contributed by atoms with Crippen molar-refractivity contribution in [2.45, 2.75) is 43.9 Å².